The first-order valence-electron chi connectivity index (χ1n) is 7.94. The molecule has 4 nitrogen and oxygen atoms in total. The third-order valence-electron chi connectivity index (χ3n) is 4.13. The van der Waals surface area contributed by atoms with Crippen molar-refractivity contribution in [1.82, 2.24) is 15.3 Å². The highest BCUT2D eigenvalue weighted by Crippen LogP contribution is 2.26. The van der Waals surface area contributed by atoms with E-state index >= 15 is 0 Å². The number of aromatic nitrogens is 2. The van der Waals surface area contributed by atoms with Gasteiger partial charge in [-0.05, 0) is 26.7 Å². The average Bonchev–Trinajstić information content (AvgIpc) is 2.92. The molecule has 1 aliphatic carbocycles. The molecule has 1 fully saturated rings. The van der Waals surface area contributed by atoms with E-state index in [4.69, 9.17) is 4.98 Å². The molecule has 1 saturated carbocycles. The van der Waals surface area contributed by atoms with Crippen molar-refractivity contribution in [2.75, 3.05) is 11.4 Å². The number of hydrogen-bond donors (Lipinski definition) is 1. The van der Waals surface area contributed by atoms with Crippen molar-refractivity contribution in [1.29, 1.82) is 0 Å². The van der Waals surface area contributed by atoms with Crippen LogP contribution in [0.15, 0.2) is 6.20 Å². The van der Waals surface area contributed by atoms with E-state index in [1.807, 2.05) is 6.20 Å². The molecule has 0 atom stereocenters. The van der Waals surface area contributed by atoms with E-state index < -0.39 is 0 Å². The second kappa shape index (κ2) is 7.02. The van der Waals surface area contributed by atoms with E-state index in [1.54, 1.807) is 0 Å². The summed E-state index contributed by atoms with van der Waals surface area (Å²) in [6.45, 7) is 10.4. The molecule has 0 aliphatic heterocycles. The smallest absolute Gasteiger partial charge is 0.225 e. The molecule has 1 aromatic heterocycles. The molecule has 0 saturated heterocycles. The Kier molecular flexibility index (Phi) is 5.35. The Balaban J connectivity index is 2.10. The molecule has 112 valence electrons. The van der Waals surface area contributed by atoms with Gasteiger partial charge in [-0.1, -0.05) is 26.7 Å². The van der Waals surface area contributed by atoms with Gasteiger partial charge < -0.3 is 10.2 Å². The lowest BCUT2D eigenvalue weighted by molar-refractivity contribution is 0.580. The fourth-order valence-corrected chi connectivity index (χ4v) is 2.88. The van der Waals surface area contributed by atoms with Gasteiger partial charge in [-0.25, -0.2) is 9.97 Å². The number of rotatable bonds is 6. The predicted molar refractivity (Wildman–Crippen MR) is 84.0 cm³/mol. The fourth-order valence-electron chi connectivity index (χ4n) is 2.88. The van der Waals surface area contributed by atoms with Gasteiger partial charge in [0.15, 0.2) is 0 Å². The zero-order chi connectivity index (χ0) is 14.5. The maximum Gasteiger partial charge on any atom is 0.225 e. The lowest BCUT2D eigenvalue weighted by atomic mass is 10.2. The third-order valence-corrected chi connectivity index (χ3v) is 4.13. The van der Waals surface area contributed by atoms with Gasteiger partial charge in [0, 0.05) is 42.6 Å². The third kappa shape index (κ3) is 3.69. The van der Waals surface area contributed by atoms with Crippen molar-refractivity contribution in [3.8, 4) is 0 Å². The van der Waals surface area contributed by atoms with E-state index in [9.17, 15) is 0 Å². The summed E-state index contributed by atoms with van der Waals surface area (Å²) >= 11 is 0. The minimum atomic E-state index is 0.486. The minimum absolute atomic E-state index is 0.486. The Morgan fingerprint density at radius 3 is 2.60 bits per heavy atom. The van der Waals surface area contributed by atoms with Crippen LogP contribution in [-0.4, -0.2) is 28.6 Å². The zero-order valence-electron chi connectivity index (χ0n) is 13.3. The lowest BCUT2D eigenvalue weighted by Crippen LogP contribution is -2.34. The molecule has 0 amide bonds. The molecule has 0 radical (unpaired) electrons. The van der Waals surface area contributed by atoms with Crippen molar-refractivity contribution in [3.63, 3.8) is 0 Å². The minimum Gasteiger partial charge on any atom is -0.338 e. The maximum absolute atomic E-state index is 4.74. The van der Waals surface area contributed by atoms with Crippen LogP contribution in [-0.2, 0) is 6.54 Å². The van der Waals surface area contributed by atoms with Crippen LogP contribution in [0.5, 0.6) is 0 Å². The highest BCUT2D eigenvalue weighted by molar-refractivity contribution is 5.34. The summed E-state index contributed by atoms with van der Waals surface area (Å²) < 4.78 is 0. The first-order valence-corrected chi connectivity index (χ1v) is 7.94. The summed E-state index contributed by atoms with van der Waals surface area (Å²) in [7, 11) is 0. The van der Waals surface area contributed by atoms with Crippen LogP contribution in [0, 0.1) is 6.92 Å². The predicted octanol–water partition coefficient (Wildman–Crippen LogP) is 3.05. The van der Waals surface area contributed by atoms with Crippen LogP contribution in [0.4, 0.5) is 5.95 Å². The Bertz CT molecular complexity index is 424. The first-order chi connectivity index (χ1) is 9.61. The Morgan fingerprint density at radius 2 is 2.05 bits per heavy atom. The number of nitrogens with zero attached hydrogens (tertiary/aromatic N) is 3. The first kappa shape index (κ1) is 15.2. The van der Waals surface area contributed by atoms with Gasteiger partial charge >= 0.3 is 0 Å². The normalized spacial score (nSPS) is 16.1. The van der Waals surface area contributed by atoms with Gasteiger partial charge in [0.25, 0.3) is 0 Å². The van der Waals surface area contributed by atoms with Crippen LogP contribution in [0.1, 0.15) is 57.7 Å². The van der Waals surface area contributed by atoms with Gasteiger partial charge in [-0.2, -0.15) is 0 Å². The molecule has 1 aliphatic rings. The van der Waals surface area contributed by atoms with E-state index in [2.05, 4.69) is 42.9 Å². The largest absolute Gasteiger partial charge is 0.338 e. The summed E-state index contributed by atoms with van der Waals surface area (Å²) in [4.78, 5) is 11.7. The van der Waals surface area contributed by atoms with Crippen LogP contribution in [0.2, 0.25) is 0 Å². The van der Waals surface area contributed by atoms with Crippen molar-refractivity contribution >= 4 is 5.95 Å². The topological polar surface area (TPSA) is 41.1 Å². The maximum atomic E-state index is 4.74. The van der Waals surface area contributed by atoms with Crippen LogP contribution < -0.4 is 10.2 Å². The molecule has 1 N–H and O–H groups in total. The summed E-state index contributed by atoms with van der Waals surface area (Å²) in [6.07, 6.45) is 7.25. The average molecular weight is 276 g/mol. The van der Waals surface area contributed by atoms with Crippen molar-refractivity contribution in [3.05, 3.63) is 17.5 Å². The highest BCUT2D eigenvalue weighted by atomic mass is 15.3. The SMILES string of the molecule is CCN(c1ncc(CNC(C)C)c(C)n1)C1CCCC1. The molecule has 0 spiro atoms. The van der Waals surface area contributed by atoms with Gasteiger partial charge in [-0.3, -0.25) is 0 Å². The summed E-state index contributed by atoms with van der Waals surface area (Å²) in [5, 5.41) is 3.43. The van der Waals surface area contributed by atoms with Gasteiger partial charge in [-0.15, -0.1) is 0 Å². The summed E-state index contributed by atoms with van der Waals surface area (Å²) in [6, 6.07) is 1.12. The number of nitrogens with one attached hydrogen (secondary N) is 1. The van der Waals surface area contributed by atoms with Crippen molar-refractivity contribution < 1.29 is 0 Å². The van der Waals surface area contributed by atoms with Crippen LogP contribution >= 0.6 is 0 Å². The molecule has 1 heterocycles. The van der Waals surface area contributed by atoms with E-state index in [-0.39, 0.29) is 0 Å². The monoisotopic (exact) mass is 276 g/mol. The molecular weight excluding hydrogens is 248 g/mol. The van der Waals surface area contributed by atoms with E-state index in [0.29, 0.717) is 12.1 Å². The second-order valence-electron chi connectivity index (χ2n) is 6.04. The molecule has 0 bridgehead atoms. The van der Waals surface area contributed by atoms with E-state index in [1.165, 1.54) is 31.2 Å². The van der Waals surface area contributed by atoms with Crippen molar-refractivity contribution in [2.24, 2.45) is 0 Å². The lowest BCUT2D eigenvalue weighted by Gasteiger charge is -2.28. The number of aryl methyl sites for hydroxylation is 1. The summed E-state index contributed by atoms with van der Waals surface area (Å²) in [5.41, 5.74) is 2.30. The van der Waals surface area contributed by atoms with Crippen LogP contribution in [0.3, 0.4) is 0 Å². The highest BCUT2D eigenvalue weighted by Gasteiger charge is 2.23. The molecule has 20 heavy (non-hydrogen) atoms. The molecule has 0 aromatic carbocycles. The molecule has 1 aromatic rings. The molecular formula is C16H28N4. The zero-order valence-corrected chi connectivity index (χ0v) is 13.3. The fraction of sp³-hybridized carbons (Fsp3) is 0.750. The standard InChI is InChI=1S/C16H28N4/c1-5-20(15-8-6-7-9-15)16-18-11-14(13(4)19-16)10-17-12(2)3/h11-12,15,17H,5-10H2,1-4H3. The van der Waals surface area contributed by atoms with Crippen LogP contribution in [0.25, 0.3) is 0 Å². The molecule has 4 heteroatoms. The van der Waals surface area contributed by atoms with E-state index in [0.717, 1.165) is 24.7 Å². The van der Waals surface area contributed by atoms with Crippen molar-refractivity contribution in [2.45, 2.75) is 72.0 Å². The summed E-state index contributed by atoms with van der Waals surface area (Å²) in [5.74, 6) is 0.908. The number of hydrogen-bond acceptors (Lipinski definition) is 4. The molecule has 2 rings (SSSR count). The number of anilines is 1. The quantitative estimate of drug-likeness (QED) is 0.867. The Morgan fingerprint density at radius 1 is 1.35 bits per heavy atom. The van der Waals surface area contributed by atoms with Gasteiger partial charge in [0.2, 0.25) is 5.95 Å². The van der Waals surface area contributed by atoms with Gasteiger partial charge in [0.1, 0.15) is 0 Å². The molecule has 0 unspecified atom stereocenters. The van der Waals surface area contributed by atoms with Gasteiger partial charge in [0.05, 0.1) is 0 Å². The Labute approximate surface area is 123 Å². The second-order valence-corrected chi connectivity index (χ2v) is 6.04. The Hall–Kier alpha value is -1.16.